The summed E-state index contributed by atoms with van der Waals surface area (Å²) in [5.74, 6) is -0.130. The molecule has 1 fully saturated rings. The molecular weight excluding hydrogens is 436 g/mol. The number of benzene rings is 1. The van der Waals surface area contributed by atoms with Crippen molar-refractivity contribution in [2.75, 3.05) is 0 Å². The number of aliphatic imine (C=N–C) groups is 1. The smallest absolute Gasteiger partial charge is 0.264 e. The molecule has 3 heterocycles. The van der Waals surface area contributed by atoms with Crippen LogP contribution in [0.3, 0.4) is 0 Å². The number of rotatable bonds is 3. The highest BCUT2D eigenvalue weighted by Crippen LogP contribution is 2.30. The highest BCUT2D eigenvalue weighted by molar-refractivity contribution is 9.10. The fourth-order valence-electron chi connectivity index (χ4n) is 3.08. The van der Waals surface area contributed by atoms with E-state index in [-0.39, 0.29) is 5.91 Å². The van der Waals surface area contributed by atoms with Gasteiger partial charge in [-0.3, -0.25) is 9.78 Å². The summed E-state index contributed by atoms with van der Waals surface area (Å²) in [4.78, 5) is 21.6. The Bertz CT molecular complexity index is 1100. The molecule has 0 spiro atoms. The van der Waals surface area contributed by atoms with Crippen molar-refractivity contribution in [2.24, 2.45) is 4.99 Å². The molecule has 1 aliphatic heterocycles. The molecule has 0 aliphatic carbocycles. The van der Waals surface area contributed by atoms with Crippen LogP contribution in [0.1, 0.15) is 17.0 Å². The zero-order chi connectivity index (χ0) is 19.7. The van der Waals surface area contributed by atoms with E-state index in [1.165, 1.54) is 11.8 Å². The van der Waals surface area contributed by atoms with Crippen LogP contribution in [0.15, 0.2) is 69.2 Å². The number of carbonyl (C=O) groups is 1. The van der Waals surface area contributed by atoms with Crippen LogP contribution < -0.4 is 5.32 Å². The summed E-state index contributed by atoms with van der Waals surface area (Å²) in [5.41, 5.74) is 5.03. The monoisotopic (exact) mass is 452 g/mol. The van der Waals surface area contributed by atoms with Crippen molar-refractivity contribution >= 4 is 50.5 Å². The Morgan fingerprint density at radius 1 is 1.14 bits per heavy atom. The summed E-state index contributed by atoms with van der Waals surface area (Å²) in [5, 5.41) is 3.42. The summed E-state index contributed by atoms with van der Waals surface area (Å²) in [6.45, 7) is 4.10. The van der Waals surface area contributed by atoms with E-state index >= 15 is 0 Å². The van der Waals surface area contributed by atoms with Crippen molar-refractivity contribution in [1.29, 1.82) is 0 Å². The van der Waals surface area contributed by atoms with Crippen molar-refractivity contribution in [3.63, 3.8) is 0 Å². The van der Waals surface area contributed by atoms with Gasteiger partial charge in [0, 0.05) is 33.9 Å². The lowest BCUT2D eigenvalue weighted by atomic mass is 10.2. The van der Waals surface area contributed by atoms with Gasteiger partial charge in [-0.15, -0.1) is 0 Å². The minimum absolute atomic E-state index is 0.130. The van der Waals surface area contributed by atoms with Crippen LogP contribution in [0.5, 0.6) is 0 Å². The number of thioether (sulfide) groups is 1. The van der Waals surface area contributed by atoms with E-state index < -0.39 is 0 Å². The second-order valence-corrected chi connectivity index (χ2v) is 8.27. The number of nitrogens with zero attached hydrogens (tertiary/aromatic N) is 3. The first-order chi connectivity index (χ1) is 13.5. The Morgan fingerprint density at radius 3 is 2.57 bits per heavy atom. The van der Waals surface area contributed by atoms with Crippen LogP contribution in [0.4, 0.5) is 5.69 Å². The van der Waals surface area contributed by atoms with Gasteiger partial charge in [-0.05, 0) is 79.7 Å². The molecule has 28 heavy (non-hydrogen) atoms. The molecule has 140 valence electrons. The van der Waals surface area contributed by atoms with Crippen LogP contribution in [-0.4, -0.2) is 20.6 Å². The van der Waals surface area contributed by atoms with Crippen molar-refractivity contribution in [3.8, 4) is 5.69 Å². The summed E-state index contributed by atoms with van der Waals surface area (Å²) in [6.07, 6.45) is 5.47. The molecule has 2 aromatic heterocycles. The maximum Gasteiger partial charge on any atom is 0.264 e. The second-order valence-electron chi connectivity index (χ2n) is 6.33. The number of amides is 1. The molecule has 1 aromatic carbocycles. The number of nitrogens with one attached hydrogen (secondary N) is 1. The number of pyridine rings is 1. The molecule has 0 atom stereocenters. The Hall–Kier alpha value is -2.64. The van der Waals surface area contributed by atoms with Crippen LogP contribution >= 0.6 is 27.7 Å². The van der Waals surface area contributed by atoms with E-state index in [0.29, 0.717) is 10.1 Å². The third kappa shape index (κ3) is 3.81. The van der Waals surface area contributed by atoms with Crippen LogP contribution in [0.2, 0.25) is 0 Å². The number of hydrogen-bond donors (Lipinski definition) is 1. The average molecular weight is 453 g/mol. The first kappa shape index (κ1) is 18.7. The number of aromatic nitrogens is 2. The van der Waals surface area contributed by atoms with Crippen molar-refractivity contribution < 1.29 is 4.79 Å². The van der Waals surface area contributed by atoms with Crippen molar-refractivity contribution in [2.45, 2.75) is 13.8 Å². The number of halogens is 1. The van der Waals surface area contributed by atoms with Gasteiger partial charge in [0.15, 0.2) is 5.17 Å². The third-order valence-corrected chi connectivity index (χ3v) is 5.82. The highest BCUT2D eigenvalue weighted by Gasteiger charge is 2.24. The van der Waals surface area contributed by atoms with E-state index in [1.54, 1.807) is 12.4 Å². The quantitative estimate of drug-likeness (QED) is 0.559. The number of hydrogen-bond acceptors (Lipinski definition) is 4. The Labute approximate surface area is 175 Å². The van der Waals surface area contributed by atoms with E-state index in [1.807, 2.05) is 49.4 Å². The van der Waals surface area contributed by atoms with E-state index in [4.69, 9.17) is 0 Å². The number of amidine groups is 1. The van der Waals surface area contributed by atoms with Crippen LogP contribution in [-0.2, 0) is 4.79 Å². The normalized spacial score (nSPS) is 16.8. The van der Waals surface area contributed by atoms with Gasteiger partial charge >= 0.3 is 0 Å². The molecule has 0 radical (unpaired) electrons. The van der Waals surface area contributed by atoms with Gasteiger partial charge in [0.1, 0.15) is 0 Å². The average Bonchev–Trinajstić information content (AvgIpc) is 3.16. The predicted octanol–water partition coefficient (Wildman–Crippen LogP) is 5.14. The van der Waals surface area contributed by atoms with Crippen molar-refractivity contribution in [3.05, 3.63) is 81.2 Å². The Balaban J connectivity index is 1.63. The molecule has 1 aliphatic rings. The zero-order valence-electron chi connectivity index (χ0n) is 15.3. The standard InChI is InChI=1S/C21H17BrN4OS/c1-13-11-15(14(2)26(13)18-7-9-23-10-8-18)12-19-20(27)25-21(28-19)24-17-5-3-16(22)4-6-17/h3-12H,1-2H3,(H,24,25,27)/b19-12+. The molecule has 1 amide bonds. The topological polar surface area (TPSA) is 59.3 Å². The molecule has 7 heteroatoms. The lowest BCUT2D eigenvalue weighted by Gasteiger charge is -2.08. The van der Waals surface area contributed by atoms with Gasteiger partial charge in [0.25, 0.3) is 5.91 Å². The molecule has 0 saturated carbocycles. The van der Waals surface area contributed by atoms with E-state index in [9.17, 15) is 4.79 Å². The van der Waals surface area contributed by atoms with E-state index in [2.05, 4.69) is 48.8 Å². The summed E-state index contributed by atoms with van der Waals surface area (Å²) < 4.78 is 3.15. The molecule has 1 saturated heterocycles. The fraction of sp³-hybridized carbons (Fsp3) is 0.0952. The lowest BCUT2D eigenvalue weighted by Crippen LogP contribution is -2.19. The molecule has 0 bridgehead atoms. The van der Waals surface area contributed by atoms with Gasteiger partial charge in [-0.1, -0.05) is 15.9 Å². The molecule has 4 rings (SSSR count). The minimum Gasteiger partial charge on any atom is -0.318 e. The summed E-state index contributed by atoms with van der Waals surface area (Å²) >= 11 is 4.76. The van der Waals surface area contributed by atoms with Gasteiger partial charge in [-0.2, -0.15) is 0 Å². The molecule has 1 N–H and O–H groups in total. The zero-order valence-corrected chi connectivity index (χ0v) is 17.7. The third-order valence-electron chi connectivity index (χ3n) is 4.39. The highest BCUT2D eigenvalue weighted by atomic mass is 79.9. The number of carbonyl (C=O) groups excluding carboxylic acids is 1. The first-order valence-electron chi connectivity index (χ1n) is 8.66. The van der Waals surface area contributed by atoms with Crippen LogP contribution in [0, 0.1) is 13.8 Å². The maximum absolute atomic E-state index is 12.4. The van der Waals surface area contributed by atoms with Gasteiger partial charge in [-0.25, -0.2) is 4.99 Å². The summed E-state index contributed by atoms with van der Waals surface area (Å²) in [7, 11) is 0. The molecular formula is C21H17BrN4OS. The predicted molar refractivity (Wildman–Crippen MR) is 118 cm³/mol. The van der Waals surface area contributed by atoms with Gasteiger partial charge < -0.3 is 9.88 Å². The SMILES string of the molecule is Cc1cc(/C=C2/SC(=Nc3ccc(Br)cc3)NC2=O)c(C)n1-c1ccncc1. The van der Waals surface area contributed by atoms with E-state index in [0.717, 1.165) is 32.8 Å². The largest absolute Gasteiger partial charge is 0.318 e. The lowest BCUT2D eigenvalue weighted by molar-refractivity contribution is -0.115. The second kappa shape index (κ2) is 7.77. The van der Waals surface area contributed by atoms with Crippen LogP contribution in [0.25, 0.3) is 11.8 Å². The van der Waals surface area contributed by atoms with Crippen molar-refractivity contribution in [1.82, 2.24) is 14.9 Å². The maximum atomic E-state index is 12.4. The summed E-state index contributed by atoms with van der Waals surface area (Å²) in [6, 6.07) is 13.7. The Morgan fingerprint density at radius 2 is 1.86 bits per heavy atom. The minimum atomic E-state index is -0.130. The molecule has 3 aromatic rings. The van der Waals surface area contributed by atoms with Gasteiger partial charge in [0.2, 0.25) is 0 Å². The molecule has 5 nitrogen and oxygen atoms in total. The fourth-order valence-corrected chi connectivity index (χ4v) is 4.18. The van der Waals surface area contributed by atoms with Gasteiger partial charge in [0.05, 0.1) is 10.6 Å². The molecule has 0 unspecified atom stereocenters. The first-order valence-corrected chi connectivity index (χ1v) is 10.3. The Kier molecular flexibility index (Phi) is 5.19. The number of aryl methyl sites for hydroxylation is 1.